The molecule has 3 atom stereocenters. The minimum Gasteiger partial charge on any atom is -0.482 e. The van der Waals surface area contributed by atoms with E-state index in [0.717, 1.165) is 66.3 Å². The standard InChI is InChI=1S/C35H40FN7O3/c1-19(38-33(45)34-16-35(36,17-34)18-34)26-9-6-22-10-27(42(31(22)39-26)14-21-4-5-21)30-20(2)43-28(40-30)11-23(12-29(43)46-3)32(44)41-15-24-7-8-25(41)13-37-24/h6,9-12,19,21,24-25,37H,4-5,7-8,13-18H2,1-3H3,(H,38,45)/t19?,24-,25-,34?,35?/m0/s1. The molecule has 0 spiro atoms. The summed E-state index contributed by atoms with van der Waals surface area (Å²) in [6.07, 6.45) is 5.53. The number of carbonyl (C=O) groups excluding carboxylic acids is 2. The van der Waals surface area contributed by atoms with Crippen LogP contribution in [0, 0.1) is 18.3 Å². The molecule has 0 radical (unpaired) electrons. The molecule has 4 aromatic rings. The van der Waals surface area contributed by atoms with Crippen molar-refractivity contribution in [3.63, 3.8) is 0 Å². The van der Waals surface area contributed by atoms with Gasteiger partial charge in [-0.3, -0.25) is 14.0 Å². The van der Waals surface area contributed by atoms with Gasteiger partial charge in [0, 0.05) is 48.7 Å². The molecule has 3 saturated heterocycles. The SMILES string of the molecule is COc1cc(C(=O)N2C[C@@H]3CC[C@H]2CN3)cc2nc(-c3cc4ccc(C(C)NC(=O)C56CC(F)(C5)C6)nc4n3CC3CC3)c(C)n12. The maximum atomic E-state index is 14.1. The zero-order valence-corrected chi connectivity index (χ0v) is 26.6. The molecule has 7 heterocycles. The van der Waals surface area contributed by atoms with E-state index in [1.807, 2.05) is 41.3 Å². The van der Waals surface area contributed by atoms with Gasteiger partial charge in [0.05, 0.1) is 35.6 Å². The number of nitrogens with zero attached hydrogens (tertiary/aromatic N) is 5. The first-order valence-electron chi connectivity index (χ1n) is 16.8. The summed E-state index contributed by atoms with van der Waals surface area (Å²) in [5.41, 5.74) is 4.00. The fraction of sp³-hybridized carbons (Fsp3) is 0.543. The Bertz CT molecular complexity index is 1920. The summed E-state index contributed by atoms with van der Waals surface area (Å²) in [7, 11) is 1.63. The maximum Gasteiger partial charge on any atom is 0.254 e. The lowest BCUT2D eigenvalue weighted by atomic mass is 9.42. The molecule has 11 heteroatoms. The topological polar surface area (TPSA) is 106 Å². The van der Waals surface area contributed by atoms with Gasteiger partial charge in [-0.05, 0) is 89.0 Å². The van der Waals surface area contributed by atoms with Crippen LogP contribution in [0.1, 0.15) is 79.7 Å². The molecule has 1 unspecified atom stereocenters. The van der Waals surface area contributed by atoms with E-state index in [-0.39, 0.29) is 23.9 Å². The number of alkyl halides is 1. The molecule has 10 nitrogen and oxygen atoms in total. The average molecular weight is 626 g/mol. The van der Waals surface area contributed by atoms with Crippen molar-refractivity contribution >= 4 is 28.5 Å². The van der Waals surface area contributed by atoms with E-state index in [0.29, 0.717) is 48.3 Å². The van der Waals surface area contributed by atoms with Crippen LogP contribution in [0.2, 0.25) is 0 Å². The van der Waals surface area contributed by atoms with E-state index >= 15 is 0 Å². The van der Waals surface area contributed by atoms with Crippen LogP contribution >= 0.6 is 0 Å². The minimum absolute atomic E-state index is 0.0261. The van der Waals surface area contributed by atoms with Crippen LogP contribution in [0.5, 0.6) is 5.88 Å². The van der Waals surface area contributed by atoms with Crippen LogP contribution in [0.25, 0.3) is 28.1 Å². The van der Waals surface area contributed by atoms with Crippen molar-refractivity contribution in [3.05, 3.63) is 47.3 Å². The van der Waals surface area contributed by atoms with Gasteiger partial charge < -0.3 is 24.8 Å². The molecule has 4 aliphatic carbocycles. The largest absolute Gasteiger partial charge is 0.482 e. The highest BCUT2D eigenvalue weighted by Crippen LogP contribution is 2.69. The Morgan fingerprint density at radius 1 is 1.13 bits per heavy atom. The molecule has 240 valence electrons. The van der Waals surface area contributed by atoms with E-state index in [1.165, 1.54) is 12.8 Å². The Kier molecular flexibility index (Phi) is 5.99. The zero-order valence-electron chi connectivity index (χ0n) is 26.6. The van der Waals surface area contributed by atoms with Crippen LogP contribution in [-0.4, -0.2) is 73.6 Å². The summed E-state index contributed by atoms with van der Waals surface area (Å²) >= 11 is 0. The maximum absolute atomic E-state index is 14.1. The van der Waals surface area contributed by atoms with Crippen molar-refractivity contribution in [1.29, 1.82) is 0 Å². The van der Waals surface area contributed by atoms with Gasteiger partial charge in [0.25, 0.3) is 5.91 Å². The zero-order chi connectivity index (χ0) is 31.5. The van der Waals surface area contributed by atoms with E-state index in [4.69, 9.17) is 14.7 Å². The average Bonchev–Trinajstić information content (AvgIpc) is 3.71. The van der Waals surface area contributed by atoms with Crippen molar-refractivity contribution < 1.29 is 18.7 Å². The van der Waals surface area contributed by atoms with Gasteiger partial charge >= 0.3 is 0 Å². The van der Waals surface area contributed by atoms with E-state index < -0.39 is 11.1 Å². The van der Waals surface area contributed by atoms with Gasteiger partial charge in [-0.2, -0.15) is 0 Å². The number of piperidine rings is 2. The Morgan fingerprint density at radius 2 is 1.93 bits per heavy atom. The number of halogens is 1. The van der Waals surface area contributed by atoms with Crippen molar-refractivity contribution in [1.82, 2.24) is 34.5 Å². The highest BCUT2D eigenvalue weighted by molar-refractivity contribution is 5.96. The number of carbonyl (C=O) groups is 2. The van der Waals surface area contributed by atoms with Crippen LogP contribution < -0.4 is 15.4 Å². The minimum atomic E-state index is -1.11. The number of nitrogens with one attached hydrogen (secondary N) is 2. The number of pyridine rings is 2. The number of piperazine rings is 1. The van der Waals surface area contributed by atoms with Crippen LogP contribution in [-0.2, 0) is 11.3 Å². The molecule has 46 heavy (non-hydrogen) atoms. The Balaban J connectivity index is 1.08. The molecule has 4 aromatic heterocycles. The molecule has 3 aliphatic heterocycles. The number of hydrogen-bond acceptors (Lipinski definition) is 6. The third kappa shape index (κ3) is 4.23. The lowest BCUT2D eigenvalue weighted by Crippen LogP contribution is -2.70. The number of aromatic nitrogens is 4. The summed E-state index contributed by atoms with van der Waals surface area (Å²) < 4.78 is 24.2. The number of rotatable bonds is 8. The van der Waals surface area contributed by atoms with Crippen molar-refractivity contribution in [3.8, 4) is 17.3 Å². The number of imidazole rings is 1. The fourth-order valence-electron chi connectivity index (χ4n) is 8.57. The first-order valence-corrected chi connectivity index (χ1v) is 16.8. The second-order valence-electron chi connectivity index (χ2n) is 14.7. The van der Waals surface area contributed by atoms with Crippen LogP contribution in [0.15, 0.2) is 30.3 Å². The summed E-state index contributed by atoms with van der Waals surface area (Å²) in [5, 5.41) is 7.65. The van der Waals surface area contributed by atoms with Gasteiger partial charge in [0.15, 0.2) is 5.88 Å². The molecule has 11 rings (SSSR count). The normalized spacial score (nSPS) is 28.7. The summed E-state index contributed by atoms with van der Waals surface area (Å²) in [6.45, 7) is 6.39. The predicted octanol–water partition coefficient (Wildman–Crippen LogP) is 4.72. The Morgan fingerprint density at radius 3 is 2.59 bits per heavy atom. The number of ether oxygens (including phenoxy) is 1. The first kappa shape index (κ1) is 28.3. The van der Waals surface area contributed by atoms with E-state index in [2.05, 4.69) is 27.3 Å². The molecule has 2 N–H and O–H groups in total. The van der Waals surface area contributed by atoms with Gasteiger partial charge in [-0.15, -0.1) is 0 Å². The smallest absolute Gasteiger partial charge is 0.254 e. The van der Waals surface area contributed by atoms with Crippen molar-refractivity contribution in [2.45, 2.75) is 89.1 Å². The lowest BCUT2D eigenvalue weighted by Gasteiger charge is -2.64. The van der Waals surface area contributed by atoms with Crippen molar-refractivity contribution in [2.75, 3.05) is 20.2 Å². The van der Waals surface area contributed by atoms with Crippen LogP contribution in [0.4, 0.5) is 4.39 Å². The molecule has 2 amide bonds. The second-order valence-corrected chi connectivity index (χ2v) is 14.7. The molecular weight excluding hydrogens is 585 g/mol. The number of methoxy groups -OCH3 is 1. The third-order valence-corrected chi connectivity index (χ3v) is 11.4. The lowest BCUT2D eigenvalue weighted by molar-refractivity contribution is -0.214. The van der Waals surface area contributed by atoms with E-state index in [1.54, 1.807) is 7.11 Å². The molecular formula is C35H40FN7O3. The summed E-state index contributed by atoms with van der Waals surface area (Å²) in [6, 6.07) is 10.2. The van der Waals surface area contributed by atoms with Gasteiger partial charge in [0.2, 0.25) is 5.91 Å². The van der Waals surface area contributed by atoms with Crippen molar-refractivity contribution in [2.24, 2.45) is 11.3 Å². The summed E-state index contributed by atoms with van der Waals surface area (Å²) in [4.78, 5) is 39.0. The highest BCUT2D eigenvalue weighted by Gasteiger charge is 2.72. The highest BCUT2D eigenvalue weighted by atomic mass is 19.1. The van der Waals surface area contributed by atoms with Crippen LogP contribution in [0.3, 0.4) is 0 Å². The molecule has 0 aromatic carbocycles. The third-order valence-electron chi connectivity index (χ3n) is 11.4. The quantitative estimate of drug-likeness (QED) is 0.294. The van der Waals surface area contributed by atoms with E-state index in [9.17, 15) is 14.0 Å². The predicted molar refractivity (Wildman–Crippen MR) is 170 cm³/mol. The molecule has 7 aliphatic rings. The number of aryl methyl sites for hydroxylation is 1. The summed E-state index contributed by atoms with van der Waals surface area (Å²) in [5.74, 6) is 1.12. The number of fused-ring (bicyclic) bond motifs is 5. The molecule has 7 fully saturated rings. The Hall–Kier alpha value is -3.99. The monoisotopic (exact) mass is 625 g/mol. The Labute approximate surface area is 266 Å². The second kappa shape index (κ2) is 9.76. The number of hydrogen-bond donors (Lipinski definition) is 2. The molecule has 4 saturated carbocycles. The molecule has 4 bridgehead atoms. The fourth-order valence-corrected chi connectivity index (χ4v) is 8.57. The number of amides is 2. The van der Waals surface area contributed by atoms with Gasteiger partial charge in [-0.25, -0.2) is 14.4 Å². The van der Waals surface area contributed by atoms with Gasteiger partial charge in [0.1, 0.15) is 22.7 Å². The van der Waals surface area contributed by atoms with Gasteiger partial charge in [-0.1, -0.05) is 0 Å². The first-order chi connectivity index (χ1) is 22.1.